The monoisotopic (exact) mass is 344 g/mol. The summed E-state index contributed by atoms with van der Waals surface area (Å²) in [6.45, 7) is 1.81. The summed E-state index contributed by atoms with van der Waals surface area (Å²) in [5.41, 5.74) is 0.548. The van der Waals surface area contributed by atoms with Crippen molar-refractivity contribution in [3.8, 4) is 5.75 Å². The minimum Gasteiger partial charge on any atom is -0.497 e. The summed E-state index contributed by atoms with van der Waals surface area (Å²) in [4.78, 5) is 22.5. The summed E-state index contributed by atoms with van der Waals surface area (Å²) < 4.78 is 5.78. The summed E-state index contributed by atoms with van der Waals surface area (Å²) in [7, 11) is 1.53. The van der Waals surface area contributed by atoms with Crippen molar-refractivity contribution >= 4 is 33.6 Å². The molecule has 1 rings (SSSR count). The molecule has 0 aliphatic heterocycles. The maximum atomic E-state index is 11.8. The SMILES string of the molecule is CCC(CC(=O)O)NC(=O)Nc1cc(OC)ccc1Br. The zero-order chi connectivity index (χ0) is 15.1. The van der Waals surface area contributed by atoms with Crippen LogP contribution >= 0.6 is 15.9 Å². The predicted octanol–water partition coefficient (Wildman–Crippen LogP) is 2.83. The van der Waals surface area contributed by atoms with E-state index in [1.165, 1.54) is 7.11 Å². The van der Waals surface area contributed by atoms with E-state index in [1.54, 1.807) is 18.2 Å². The number of anilines is 1. The molecule has 0 aliphatic carbocycles. The molecule has 0 radical (unpaired) electrons. The maximum Gasteiger partial charge on any atom is 0.319 e. The third-order valence-corrected chi connectivity index (χ3v) is 3.36. The normalized spacial score (nSPS) is 11.6. The number of urea groups is 1. The number of methoxy groups -OCH3 is 1. The van der Waals surface area contributed by atoms with E-state index in [4.69, 9.17) is 9.84 Å². The molecule has 20 heavy (non-hydrogen) atoms. The van der Waals surface area contributed by atoms with Crippen LogP contribution in [-0.4, -0.2) is 30.3 Å². The highest BCUT2D eigenvalue weighted by Crippen LogP contribution is 2.26. The Morgan fingerprint density at radius 2 is 2.15 bits per heavy atom. The van der Waals surface area contributed by atoms with Crippen molar-refractivity contribution in [2.45, 2.75) is 25.8 Å². The van der Waals surface area contributed by atoms with Crippen LogP contribution in [0.25, 0.3) is 0 Å². The number of hydrogen-bond acceptors (Lipinski definition) is 3. The lowest BCUT2D eigenvalue weighted by molar-refractivity contribution is -0.137. The van der Waals surface area contributed by atoms with Gasteiger partial charge < -0.3 is 20.5 Å². The van der Waals surface area contributed by atoms with Crippen LogP contribution in [0.15, 0.2) is 22.7 Å². The summed E-state index contributed by atoms with van der Waals surface area (Å²) in [5.74, 6) is -0.333. The molecule has 0 spiro atoms. The Hall–Kier alpha value is -1.76. The van der Waals surface area contributed by atoms with Crippen LogP contribution in [0.1, 0.15) is 19.8 Å². The van der Waals surface area contributed by atoms with Gasteiger partial charge in [0.2, 0.25) is 0 Å². The zero-order valence-electron chi connectivity index (χ0n) is 11.3. The first-order valence-corrected chi connectivity index (χ1v) is 6.88. The smallest absolute Gasteiger partial charge is 0.319 e. The first kappa shape index (κ1) is 16.3. The highest BCUT2D eigenvalue weighted by atomic mass is 79.9. The van der Waals surface area contributed by atoms with Crippen LogP contribution in [-0.2, 0) is 4.79 Å². The summed E-state index contributed by atoms with van der Waals surface area (Å²) in [6, 6.07) is 4.32. The molecule has 1 unspecified atom stereocenters. The molecule has 3 N–H and O–H groups in total. The van der Waals surface area contributed by atoms with Crippen LogP contribution in [0, 0.1) is 0 Å². The quantitative estimate of drug-likeness (QED) is 0.740. The fraction of sp³-hybridized carbons (Fsp3) is 0.385. The second kappa shape index (κ2) is 7.74. The Balaban J connectivity index is 2.68. The van der Waals surface area contributed by atoms with Crippen LogP contribution in [0.4, 0.5) is 10.5 Å². The number of benzene rings is 1. The van der Waals surface area contributed by atoms with E-state index in [0.717, 1.165) is 0 Å². The number of carbonyl (C=O) groups is 2. The van der Waals surface area contributed by atoms with E-state index in [1.807, 2.05) is 6.92 Å². The molecular formula is C13H17BrN2O4. The van der Waals surface area contributed by atoms with Crippen molar-refractivity contribution in [3.63, 3.8) is 0 Å². The van der Waals surface area contributed by atoms with E-state index < -0.39 is 18.0 Å². The lowest BCUT2D eigenvalue weighted by atomic mass is 10.1. The van der Waals surface area contributed by atoms with Gasteiger partial charge in [-0.1, -0.05) is 6.92 Å². The number of carbonyl (C=O) groups excluding carboxylic acids is 1. The van der Waals surface area contributed by atoms with Gasteiger partial charge in [0, 0.05) is 16.6 Å². The van der Waals surface area contributed by atoms with Gasteiger partial charge in [0.15, 0.2) is 0 Å². The van der Waals surface area contributed by atoms with Crippen LogP contribution in [0.3, 0.4) is 0 Å². The average molecular weight is 345 g/mol. The average Bonchev–Trinajstić information content (AvgIpc) is 2.40. The Bertz CT molecular complexity index is 493. The van der Waals surface area contributed by atoms with Crippen molar-refractivity contribution in [2.24, 2.45) is 0 Å². The molecule has 0 saturated heterocycles. The van der Waals surface area contributed by atoms with E-state index in [0.29, 0.717) is 22.3 Å². The molecule has 0 aromatic heterocycles. The lowest BCUT2D eigenvalue weighted by Gasteiger charge is -2.16. The van der Waals surface area contributed by atoms with Crippen LogP contribution in [0.2, 0.25) is 0 Å². The Morgan fingerprint density at radius 1 is 1.45 bits per heavy atom. The van der Waals surface area contributed by atoms with Gasteiger partial charge in [0.05, 0.1) is 19.2 Å². The fourth-order valence-electron chi connectivity index (χ4n) is 1.58. The molecule has 0 fully saturated rings. The second-order valence-electron chi connectivity index (χ2n) is 4.15. The number of carboxylic acids is 1. The number of aliphatic carboxylic acids is 1. The minimum atomic E-state index is -0.945. The number of nitrogens with one attached hydrogen (secondary N) is 2. The fourth-order valence-corrected chi connectivity index (χ4v) is 1.92. The third kappa shape index (κ3) is 5.08. The molecule has 1 atom stereocenters. The highest BCUT2D eigenvalue weighted by molar-refractivity contribution is 9.10. The van der Waals surface area contributed by atoms with E-state index in [9.17, 15) is 9.59 Å². The van der Waals surface area contributed by atoms with E-state index in [-0.39, 0.29) is 6.42 Å². The van der Waals surface area contributed by atoms with Gasteiger partial charge in [0.1, 0.15) is 5.75 Å². The van der Waals surface area contributed by atoms with Gasteiger partial charge in [-0.2, -0.15) is 0 Å². The molecule has 110 valence electrons. The van der Waals surface area contributed by atoms with Gasteiger partial charge in [-0.05, 0) is 34.5 Å². The Morgan fingerprint density at radius 3 is 2.70 bits per heavy atom. The first-order chi connectivity index (χ1) is 9.46. The van der Waals surface area contributed by atoms with Crippen LogP contribution in [0.5, 0.6) is 5.75 Å². The molecule has 2 amide bonds. The predicted molar refractivity (Wildman–Crippen MR) is 79.2 cm³/mol. The Kier molecular flexibility index (Phi) is 6.30. The summed E-state index contributed by atoms with van der Waals surface area (Å²) >= 11 is 3.32. The number of rotatable bonds is 6. The summed E-state index contributed by atoms with van der Waals surface area (Å²) in [6.07, 6.45) is 0.433. The molecule has 0 saturated carbocycles. The van der Waals surface area contributed by atoms with Gasteiger partial charge in [-0.15, -0.1) is 0 Å². The molecule has 0 bridgehead atoms. The van der Waals surface area contributed by atoms with E-state index >= 15 is 0 Å². The number of halogens is 1. The van der Waals surface area contributed by atoms with Crippen molar-refractivity contribution in [3.05, 3.63) is 22.7 Å². The van der Waals surface area contributed by atoms with Gasteiger partial charge in [0.25, 0.3) is 0 Å². The van der Waals surface area contributed by atoms with E-state index in [2.05, 4.69) is 26.6 Å². The molecule has 7 heteroatoms. The van der Waals surface area contributed by atoms with Gasteiger partial charge >= 0.3 is 12.0 Å². The van der Waals surface area contributed by atoms with Gasteiger partial charge in [-0.3, -0.25) is 4.79 Å². The number of carboxylic acid groups (broad SMARTS) is 1. The largest absolute Gasteiger partial charge is 0.497 e. The number of ether oxygens (including phenoxy) is 1. The molecule has 1 aromatic rings. The first-order valence-electron chi connectivity index (χ1n) is 6.09. The van der Waals surface area contributed by atoms with Crippen LogP contribution < -0.4 is 15.4 Å². The Labute approximate surface area is 125 Å². The van der Waals surface area contributed by atoms with Gasteiger partial charge in [-0.25, -0.2) is 4.79 Å². The maximum absolute atomic E-state index is 11.8. The van der Waals surface area contributed by atoms with Crippen molar-refractivity contribution in [2.75, 3.05) is 12.4 Å². The van der Waals surface area contributed by atoms with Crippen molar-refractivity contribution < 1.29 is 19.4 Å². The highest BCUT2D eigenvalue weighted by Gasteiger charge is 2.14. The lowest BCUT2D eigenvalue weighted by Crippen LogP contribution is -2.38. The van der Waals surface area contributed by atoms with Crippen molar-refractivity contribution in [1.29, 1.82) is 0 Å². The standard InChI is InChI=1S/C13H17BrN2O4/c1-3-8(6-12(17)18)15-13(19)16-11-7-9(20-2)4-5-10(11)14/h4-5,7-8H,3,6H2,1-2H3,(H,17,18)(H2,15,16,19). The molecule has 1 aromatic carbocycles. The molecule has 0 aliphatic rings. The second-order valence-corrected chi connectivity index (χ2v) is 5.00. The topological polar surface area (TPSA) is 87.7 Å². The molecule has 6 nitrogen and oxygen atoms in total. The minimum absolute atomic E-state index is 0.108. The van der Waals surface area contributed by atoms with Crippen molar-refractivity contribution in [1.82, 2.24) is 5.32 Å². The molecule has 0 heterocycles. The molecular weight excluding hydrogens is 328 g/mol. The number of hydrogen-bond donors (Lipinski definition) is 3. The summed E-state index contributed by atoms with van der Waals surface area (Å²) in [5, 5.41) is 14.0. The third-order valence-electron chi connectivity index (χ3n) is 2.67. The zero-order valence-corrected chi connectivity index (χ0v) is 12.9. The number of amides is 2.